The first-order valence-electron chi connectivity index (χ1n) is 6.20. The van der Waals surface area contributed by atoms with E-state index in [4.69, 9.17) is 14.2 Å². The molecule has 1 aromatic heterocycles. The number of ketones is 1. The monoisotopic (exact) mass is 288 g/mol. The molecule has 0 aliphatic carbocycles. The van der Waals surface area contributed by atoms with Gasteiger partial charge in [0.15, 0.2) is 17.3 Å². The molecule has 0 aliphatic rings. The molecule has 0 amide bonds. The first-order valence-corrected chi connectivity index (χ1v) is 6.20. The van der Waals surface area contributed by atoms with Gasteiger partial charge >= 0.3 is 0 Å². The van der Waals surface area contributed by atoms with Gasteiger partial charge in [0.2, 0.25) is 5.75 Å². The van der Waals surface area contributed by atoms with Crippen molar-refractivity contribution in [3.63, 3.8) is 0 Å². The number of nitrogens with zero attached hydrogens (tertiary/aromatic N) is 1. The van der Waals surface area contributed by atoms with Crippen LogP contribution in [0.3, 0.4) is 0 Å². The molecule has 0 unspecified atom stereocenters. The van der Waals surface area contributed by atoms with Gasteiger partial charge in [-0.25, -0.2) is 4.98 Å². The number of carbonyl (C=O) groups excluding carboxylic acids is 1. The quantitative estimate of drug-likeness (QED) is 0.652. The number of methoxy groups -OCH3 is 3. The van der Waals surface area contributed by atoms with Gasteiger partial charge < -0.3 is 19.2 Å². The number of rotatable bonds is 6. The summed E-state index contributed by atoms with van der Waals surface area (Å²) in [4.78, 5) is 19.0. The predicted molar refractivity (Wildman–Crippen MR) is 78.1 cm³/mol. The van der Waals surface area contributed by atoms with Crippen molar-refractivity contribution in [3.05, 3.63) is 42.0 Å². The zero-order chi connectivity index (χ0) is 15.2. The summed E-state index contributed by atoms with van der Waals surface area (Å²) in [5.74, 6) is 1.16. The number of benzene rings is 1. The van der Waals surface area contributed by atoms with Gasteiger partial charge in [-0.1, -0.05) is 0 Å². The Balaban J connectivity index is 2.33. The second-order valence-corrected chi connectivity index (χ2v) is 4.12. The molecular formula is C15H16N2O4. The van der Waals surface area contributed by atoms with E-state index < -0.39 is 0 Å². The molecule has 6 nitrogen and oxygen atoms in total. The van der Waals surface area contributed by atoms with Crippen LogP contribution in [0.5, 0.6) is 17.2 Å². The van der Waals surface area contributed by atoms with Gasteiger partial charge in [-0.3, -0.25) is 4.79 Å². The van der Waals surface area contributed by atoms with Crippen LogP contribution in [0.4, 0.5) is 0 Å². The summed E-state index contributed by atoms with van der Waals surface area (Å²) < 4.78 is 15.7. The topological polar surface area (TPSA) is 73.4 Å². The minimum atomic E-state index is -0.177. The Bertz CT molecular complexity index is 623. The van der Waals surface area contributed by atoms with Crippen molar-refractivity contribution < 1.29 is 19.0 Å². The second-order valence-electron chi connectivity index (χ2n) is 4.12. The molecule has 1 aromatic carbocycles. The van der Waals surface area contributed by atoms with Crippen molar-refractivity contribution in [2.24, 2.45) is 0 Å². The Morgan fingerprint density at radius 3 is 2.29 bits per heavy atom. The molecule has 1 N–H and O–H groups in total. The van der Waals surface area contributed by atoms with Crippen LogP contribution in [0.25, 0.3) is 6.08 Å². The highest BCUT2D eigenvalue weighted by molar-refractivity contribution is 6.07. The first kappa shape index (κ1) is 14.6. The van der Waals surface area contributed by atoms with E-state index in [0.717, 1.165) is 5.69 Å². The molecule has 0 saturated heterocycles. The Labute approximate surface area is 122 Å². The lowest BCUT2D eigenvalue weighted by atomic mass is 10.1. The molecule has 0 fully saturated rings. The smallest absolute Gasteiger partial charge is 0.203 e. The van der Waals surface area contributed by atoms with Gasteiger partial charge in [-0.15, -0.1) is 0 Å². The van der Waals surface area contributed by atoms with Crippen LogP contribution in [0.1, 0.15) is 16.1 Å². The molecule has 0 atom stereocenters. The number of allylic oxidation sites excluding steroid dienone is 1. The molecule has 21 heavy (non-hydrogen) atoms. The molecule has 2 rings (SSSR count). The minimum Gasteiger partial charge on any atom is -0.493 e. The number of hydrogen-bond donors (Lipinski definition) is 1. The average molecular weight is 288 g/mol. The van der Waals surface area contributed by atoms with Crippen LogP contribution in [-0.4, -0.2) is 37.1 Å². The Morgan fingerprint density at radius 1 is 1.14 bits per heavy atom. The van der Waals surface area contributed by atoms with Crippen molar-refractivity contribution in [2.75, 3.05) is 21.3 Å². The fourth-order valence-corrected chi connectivity index (χ4v) is 1.84. The highest BCUT2D eigenvalue weighted by Crippen LogP contribution is 2.38. The SMILES string of the molecule is COc1cc(C(=O)/C=C/c2cnc[nH]2)cc(OC)c1OC. The van der Waals surface area contributed by atoms with Crippen LogP contribution < -0.4 is 14.2 Å². The third-order valence-corrected chi connectivity index (χ3v) is 2.88. The van der Waals surface area contributed by atoms with Crippen molar-refractivity contribution in [3.8, 4) is 17.2 Å². The summed E-state index contributed by atoms with van der Waals surface area (Å²) >= 11 is 0. The number of nitrogens with one attached hydrogen (secondary N) is 1. The third-order valence-electron chi connectivity index (χ3n) is 2.88. The number of aromatic amines is 1. The molecular weight excluding hydrogens is 272 g/mol. The van der Waals surface area contributed by atoms with Crippen LogP contribution >= 0.6 is 0 Å². The predicted octanol–water partition coefficient (Wildman–Crippen LogP) is 2.33. The third kappa shape index (κ3) is 3.22. The minimum absolute atomic E-state index is 0.177. The molecule has 0 spiro atoms. The molecule has 0 aliphatic heterocycles. The van der Waals surface area contributed by atoms with Crippen molar-refractivity contribution in [1.82, 2.24) is 9.97 Å². The normalized spacial score (nSPS) is 10.6. The average Bonchev–Trinajstić information content (AvgIpc) is 3.04. The fraction of sp³-hybridized carbons (Fsp3) is 0.200. The number of H-pyrrole nitrogens is 1. The molecule has 1 heterocycles. The highest BCUT2D eigenvalue weighted by Gasteiger charge is 2.15. The van der Waals surface area contributed by atoms with E-state index in [2.05, 4.69) is 9.97 Å². The number of hydrogen-bond acceptors (Lipinski definition) is 5. The van der Waals surface area contributed by atoms with E-state index >= 15 is 0 Å². The van der Waals surface area contributed by atoms with Gasteiger partial charge in [0.1, 0.15) is 0 Å². The Hall–Kier alpha value is -2.76. The number of carbonyl (C=O) groups is 1. The van der Waals surface area contributed by atoms with E-state index in [1.54, 1.807) is 30.7 Å². The summed E-state index contributed by atoms with van der Waals surface area (Å²) in [7, 11) is 4.53. The lowest BCUT2D eigenvalue weighted by Crippen LogP contribution is -2.00. The van der Waals surface area contributed by atoms with E-state index in [1.807, 2.05) is 0 Å². The van der Waals surface area contributed by atoms with Crippen molar-refractivity contribution >= 4 is 11.9 Å². The van der Waals surface area contributed by atoms with Gasteiger partial charge in [0, 0.05) is 5.56 Å². The van der Waals surface area contributed by atoms with E-state index in [0.29, 0.717) is 22.8 Å². The molecule has 2 aromatic rings. The molecule has 0 bridgehead atoms. The summed E-state index contributed by atoms with van der Waals surface area (Å²) in [6.45, 7) is 0. The lowest BCUT2D eigenvalue weighted by Gasteiger charge is -2.13. The molecule has 6 heteroatoms. The Kier molecular flexibility index (Phi) is 4.61. The van der Waals surface area contributed by atoms with Gasteiger partial charge in [-0.05, 0) is 24.3 Å². The van der Waals surface area contributed by atoms with Crippen LogP contribution in [0.2, 0.25) is 0 Å². The number of aromatic nitrogens is 2. The summed E-state index contributed by atoms with van der Waals surface area (Å²) in [5, 5.41) is 0. The second kappa shape index (κ2) is 6.60. The number of imidazole rings is 1. The first-order chi connectivity index (χ1) is 10.2. The van der Waals surface area contributed by atoms with Crippen molar-refractivity contribution in [2.45, 2.75) is 0 Å². The molecule has 110 valence electrons. The summed E-state index contributed by atoms with van der Waals surface area (Å²) in [5.41, 5.74) is 1.19. The fourth-order valence-electron chi connectivity index (χ4n) is 1.84. The standard InChI is InChI=1S/C15H16N2O4/c1-19-13-6-10(7-14(20-2)15(13)21-3)12(18)5-4-11-8-16-9-17-11/h4-9H,1-3H3,(H,16,17)/b5-4+. The van der Waals surface area contributed by atoms with Gasteiger partial charge in [-0.2, -0.15) is 0 Å². The summed E-state index contributed by atoms with van der Waals surface area (Å²) in [6.07, 6.45) is 6.27. The van der Waals surface area contributed by atoms with E-state index in [-0.39, 0.29) is 5.78 Å². The van der Waals surface area contributed by atoms with Crippen LogP contribution in [0, 0.1) is 0 Å². The zero-order valence-electron chi connectivity index (χ0n) is 12.0. The van der Waals surface area contributed by atoms with Crippen molar-refractivity contribution in [1.29, 1.82) is 0 Å². The highest BCUT2D eigenvalue weighted by atomic mass is 16.5. The largest absolute Gasteiger partial charge is 0.493 e. The molecule has 0 radical (unpaired) electrons. The van der Waals surface area contributed by atoms with Crippen LogP contribution in [-0.2, 0) is 0 Å². The van der Waals surface area contributed by atoms with E-state index in [1.165, 1.54) is 27.4 Å². The van der Waals surface area contributed by atoms with Gasteiger partial charge in [0.25, 0.3) is 0 Å². The van der Waals surface area contributed by atoms with Gasteiger partial charge in [0.05, 0.1) is 39.5 Å². The molecule has 0 saturated carbocycles. The maximum absolute atomic E-state index is 12.2. The Morgan fingerprint density at radius 2 is 1.81 bits per heavy atom. The van der Waals surface area contributed by atoms with E-state index in [9.17, 15) is 4.79 Å². The zero-order valence-corrected chi connectivity index (χ0v) is 12.0. The lowest BCUT2D eigenvalue weighted by molar-refractivity contribution is 0.104. The maximum Gasteiger partial charge on any atom is 0.203 e. The number of ether oxygens (including phenoxy) is 3. The van der Waals surface area contributed by atoms with Crippen LogP contribution in [0.15, 0.2) is 30.7 Å². The maximum atomic E-state index is 12.2. The summed E-state index contributed by atoms with van der Waals surface area (Å²) in [6, 6.07) is 3.22.